The van der Waals surface area contributed by atoms with Crippen molar-refractivity contribution in [3.63, 3.8) is 0 Å². The zero-order valence-corrected chi connectivity index (χ0v) is 27.6. The third-order valence-electron chi connectivity index (χ3n) is 10.5. The fraction of sp³-hybridized carbons (Fsp3) is 0. The van der Waals surface area contributed by atoms with Crippen molar-refractivity contribution in [1.29, 1.82) is 0 Å². The predicted octanol–water partition coefficient (Wildman–Crippen LogP) is 12.0. The normalized spacial score (nSPS) is 11.9. The van der Waals surface area contributed by atoms with E-state index in [1.54, 1.807) is 0 Å². The molecule has 4 nitrogen and oxygen atoms in total. The van der Waals surface area contributed by atoms with Gasteiger partial charge in [0.05, 0.1) is 33.1 Å². The lowest BCUT2D eigenvalue weighted by Gasteiger charge is -2.11. The Hall–Kier alpha value is -6.91. The first-order chi connectivity index (χ1) is 25.3. The van der Waals surface area contributed by atoms with E-state index >= 15 is 0 Å². The summed E-state index contributed by atoms with van der Waals surface area (Å²) < 4.78 is 7.24. The molecule has 7 aromatic carbocycles. The lowest BCUT2D eigenvalue weighted by Crippen LogP contribution is -1.96. The van der Waals surface area contributed by atoms with Crippen LogP contribution in [0.25, 0.3) is 93.6 Å². The van der Waals surface area contributed by atoms with E-state index < -0.39 is 0 Å². The van der Waals surface area contributed by atoms with Gasteiger partial charge in [0.15, 0.2) is 0 Å². The number of para-hydroxylation sites is 3. The summed E-state index contributed by atoms with van der Waals surface area (Å²) >= 11 is 0. The van der Waals surface area contributed by atoms with Gasteiger partial charge in [0, 0.05) is 61.8 Å². The van der Waals surface area contributed by atoms with Crippen molar-refractivity contribution in [3.05, 3.63) is 182 Å². The first kappa shape index (κ1) is 28.0. The van der Waals surface area contributed by atoms with E-state index in [1.807, 2.05) is 12.4 Å². The van der Waals surface area contributed by atoms with Gasteiger partial charge in [0.2, 0.25) is 0 Å². The third kappa shape index (κ3) is 4.05. The molecule has 4 heterocycles. The first-order valence-electron chi connectivity index (χ1n) is 17.4. The number of hydrogen-bond acceptors (Lipinski definition) is 1. The van der Waals surface area contributed by atoms with Crippen molar-refractivity contribution in [3.8, 4) is 28.2 Å². The molecule has 0 saturated heterocycles. The van der Waals surface area contributed by atoms with Gasteiger partial charge in [-0.15, -0.1) is 0 Å². The number of nitrogens with zero attached hydrogens (tertiary/aromatic N) is 4. The van der Waals surface area contributed by atoms with Crippen LogP contribution in [0.4, 0.5) is 0 Å². The van der Waals surface area contributed by atoms with Crippen LogP contribution in [0.2, 0.25) is 0 Å². The highest BCUT2D eigenvalue weighted by molar-refractivity contribution is 6.26. The molecule has 11 rings (SSSR count). The molecule has 0 fully saturated rings. The van der Waals surface area contributed by atoms with Gasteiger partial charge in [0.1, 0.15) is 0 Å². The number of hydrogen-bond donors (Lipinski definition) is 0. The van der Waals surface area contributed by atoms with E-state index in [-0.39, 0.29) is 0 Å². The minimum atomic E-state index is 1.12. The molecule has 238 valence electrons. The molecule has 0 atom stereocenters. The van der Waals surface area contributed by atoms with Crippen LogP contribution in [0.1, 0.15) is 0 Å². The van der Waals surface area contributed by atoms with E-state index in [0.29, 0.717) is 0 Å². The van der Waals surface area contributed by atoms with E-state index in [1.165, 1.54) is 60.1 Å². The monoisotopic (exact) mass is 650 g/mol. The fourth-order valence-corrected chi connectivity index (χ4v) is 8.34. The van der Waals surface area contributed by atoms with E-state index in [0.717, 1.165) is 33.5 Å². The summed E-state index contributed by atoms with van der Waals surface area (Å²) in [7, 11) is 0. The summed E-state index contributed by atoms with van der Waals surface area (Å²) in [6, 6.07) is 61.4. The van der Waals surface area contributed by atoms with Crippen molar-refractivity contribution in [1.82, 2.24) is 18.7 Å². The van der Waals surface area contributed by atoms with Gasteiger partial charge in [0.25, 0.3) is 0 Å². The lowest BCUT2D eigenvalue weighted by atomic mass is 10.1. The highest BCUT2D eigenvalue weighted by Gasteiger charge is 2.21. The Morgan fingerprint density at radius 1 is 0.333 bits per heavy atom. The van der Waals surface area contributed by atoms with E-state index in [2.05, 4.69) is 189 Å². The molecule has 0 bridgehead atoms. The molecule has 0 aliphatic carbocycles. The van der Waals surface area contributed by atoms with Crippen LogP contribution in [-0.2, 0) is 0 Å². The highest BCUT2D eigenvalue weighted by Crippen LogP contribution is 2.43. The van der Waals surface area contributed by atoms with Crippen molar-refractivity contribution < 1.29 is 0 Å². The minimum absolute atomic E-state index is 1.12. The third-order valence-corrected chi connectivity index (χ3v) is 10.5. The maximum absolute atomic E-state index is 4.56. The van der Waals surface area contributed by atoms with Gasteiger partial charge in [-0.1, -0.05) is 103 Å². The lowest BCUT2D eigenvalue weighted by molar-refractivity contribution is 1.16. The van der Waals surface area contributed by atoms with Crippen LogP contribution >= 0.6 is 0 Å². The molecule has 0 spiro atoms. The molecule has 0 amide bonds. The number of rotatable bonds is 4. The first-order valence-corrected chi connectivity index (χ1v) is 17.4. The van der Waals surface area contributed by atoms with Crippen LogP contribution < -0.4 is 0 Å². The van der Waals surface area contributed by atoms with Crippen LogP contribution in [0, 0.1) is 0 Å². The van der Waals surface area contributed by atoms with Gasteiger partial charge in [-0.3, -0.25) is 4.98 Å². The average Bonchev–Trinajstić information content (AvgIpc) is 3.84. The second-order valence-corrected chi connectivity index (χ2v) is 13.2. The Labute approximate surface area is 293 Å². The van der Waals surface area contributed by atoms with Gasteiger partial charge in [-0.2, -0.15) is 0 Å². The molecule has 4 aromatic heterocycles. The molecule has 0 unspecified atom stereocenters. The topological polar surface area (TPSA) is 27.7 Å². The maximum atomic E-state index is 4.56. The second kappa shape index (κ2) is 10.8. The van der Waals surface area contributed by atoms with Crippen LogP contribution in [0.3, 0.4) is 0 Å². The van der Waals surface area contributed by atoms with Gasteiger partial charge in [-0.05, 0) is 77.9 Å². The van der Waals surface area contributed by atoms with Crippen molar-refractivity contribution >= 4 is 65.4 Å². The quantitative estimate of drug-likeness (QED) is 0.186. The second-order valence-electron chi connectivity index (χ2n) is 13.2. The Morgan fingerprint density at radius 2 is 0.902 bits per heavy atom. The van der Waals surface area contributed by atoms with Crippen LogP contribution in [0.5, 0.6) is 0 Å². The summed E-state index contributed by atoms with van der Waals surface area (Å²) in [5.74, 6) is 0. The largest absolute Gasteiger partial charge is 0.309 e. The molecule has 11 aromatic rings. The Balaban J connectivity index is 1.20. The highest BCUT2D eigenvalue weighted by atomic mass is 15.0. The Morgan fingerprint density at radius 3 is 1.71 bits per heavy atom. The molecule has 0 aliphatic heterocycles. The van der Waals surface area contributed by atoms with Crippen LogP contribution in [-0.4, -0.2) is 18.7 Å². The SMILES string of the molecule is c1ccc(-c2ccc(-n3c4ccccc4c4ccc5c(c6ccccc6n5-c5ccc6c(c5)c5cnccc5n6-c5ccccc5)c43)cc2)cc1. The zero-order valence-electron chi connectivity index (χ0n) is 27.6. The average molecular weight is 651 g/mol. The van der Waals surface area contributed by atoms with E-state index in [4.69, 9.17) is 0 Å². The molecule has 0 aliphatic rings. The standard InChI is InChI=1S/C47H30N4/c1-3-11-31(12-4-1)32-19-21-34(22-20-32)51-41-17-9-7-15-36(41)37-24-26-45-46(47(37)51)38-16-8-10-18-42(38)50(45)35-23-25-43-39(29-35)40-30-48-28-27-44(40)49(43)33-13-5-2-6-14-33/h1-30H. The van der Waals surface area contributed by atoms with Gasteiger partial charge < -0.3 is 13.7 Å². The van der Waals surface area contributed by atoms with Crippen molar-refractivity contribution in [2.24, 2.45) is 0 Å². The molecular formula is C47H30N4. The predicted molar refractivity (Wildman–Crippen MR) is 213 cm³/mol. The molecule has 0 saturated carbocycles. The summed E-state index contributed by atoms with van der Waals surface area (Å²) in [6.45, 7) is 0. The van der Waals surface area contributed by atoms with Crippen molar-refractivity contribution in [2.45, 2.75) is 0 Å². The number of pyridine rings is 1. The van der Waals surface area contributed by atoms with Gasteiger partial charge >= 0.3 is 0 Å². The fourth-order valence-electron chi connectivity index (χ4n) is 8.34. The zero-order chi connectivity index (χ0) is 33.5. The summed E-state index contributed by atoms with van der Waals surface area (Å²) in [5.41, 5.74) is 12.9. The Bertz CT molecular complexity index is 3110. The van der Waals surface area contributed by atoms with E-state index in [9.17, 15) is 0 Å². The summed E-state index contributed by atoms with van der Waals surface area (Å²) in [6.07, 6.45) is 3.88. The molecule has 4 heteroatoms. The van der Waals surface area contributed by atoms with Crippen LogP contribution in [0.15, 0.2) is 182 Å². The molecule has 0 radical (unpaired) electrons. The smallest absolute Gasteiger partial charge is 0.0641 e. The van der Waals surface area contributed by atoms with Gasteiger partial charge in [-0.25, -0.2) is 0 Å². The molecular weight excluding hydrogens is 621 g/mol. The minimum Gasteiger partial charge on any atom is -0.309 e. The number of aromatic nitrogens is 4. The molecule has 51 heavy (non-hydrogen) atoms. The summed E-state index contributed by atoms with van der Waals surface area (Å²) in [4.78, 5) is 4.56. The number of fused-ring (bicyclic) bond motifs is 10. The molecule has 0 N–H and O–H groups in total. The Kier molecular flexibility index (Phi) is 5.92. The van der Waals surface area contributed by atoms with Crippen molar-refractivity contribution in [2.75, 3.05) is 0 Å². The maximum Gasteiger partial charge on any atom is 0.0641 e. The summed E-state index contributed by atoms with van der Waals surface area (Å²) in [5, 5.41) is 7.30. The number of benzene rings is 7.